The summed E-state index contributed by atoms with van der Waals surface area (Å²) in [6.45, 7) is -0.0566. The smallest absolute Gasteiger partial charge is 0.348 e. The van der Waals surface area contributed by atoms with E-state index in [1.165, 1.54) is 24.3 Å². The molecule has 2 heterocycles. The Labute approximate surface area is 171 Å². The monoisotopic (exact) mass is 449 g/mol. The number of amides is 1. The number of hydrogen-bond acceptors (Lipinski definition) is 4. The molecule has 0 aliphatic rings. The molecule has 2 aromatic heterocycles. The largest absolute Gasteiger partial charge is 0.434 e. The number of carbonyl (C=O) groups is 1. The van der Waals surface area contributed by atoms with Gasteiger partial charge in [0.25, 0.3) is 5.91 Å². The zero-order chi connectivity index (χ0) is 20.5. The van der Waals surface area contributed by atoms with Crippen molar-refractivity contribution in [2.24, 2.45) is 0 Å². The molecule has 28 heavy (non-hydrogen) atoms. The summed E-state index contributed by atoms with van der Waals surface area (Å²) in [5.41, 5.74) is -1.38. The first-order chi connectivity index (χ1) is 13.2. The molecule has 146 valence electrons. The third kappa shape index (κ3) is 4.37. The Bertz CT molecular complexity index is 1020. The Morgan fingerprint density at radius 2 is 1.82 bits per heavy atom. The van der Waals surface area contributed by atoms with E-state index in [4.69, 9.17) is 34.8 Å². The fourth-order valence-corrected chi connectivity index (χ4v) is 2.73. The van der Waals surface area contributed by atoms with E-state index in [1.807, 2.05) is 0 Å². The molecule has 0 saturated heterocycles. The van der Waals surface area contributed by atoms with Crippen molar-refractivity contribution in [1.82, 2.24) is 25.3 Å². The summed E-state index contributed by atoms with van der Waals surface area (Å²) in [4.78, 5) is 12.4. The number of halogens is 6. The molecule has 3 aromatic rings. The van der Waals surface area contributed by atoms with Crippen LogP contribution in [0.25, 0.3) is 5.82 Å². The normalized spacial score (nSPS) is 11.5. The first-order valence-corrected chi connectivity index (χ1v) is 8.67. The fourth-order valence-electron chi connectivity index (χ4n) is 2.31. The van der Waals surface area contributed by atoms with Crippen LogP contribution >= 0.6 is 34.8 Å². The number of rotatable bonds is 4. The van der Waals surface area contributed by atoms with Crippen LogP contribution in [-0.4, -0.2) is 25.9 Å². The molecule has 1 N–H and O–H groups in total. The average molecular weight is 451 g/mol. The Kier molecular flexibility index (Phi) is 5.78. The molecule has 0 atom stereocenters. The minimum atomic E-state index is -4.87. The maximum atomic E-state index is 13.6. The van der Waals surface area contributed by atoms with Crippen LogP contribution in [0.4, 0.5) is 13.2 Å². The topological polar surface area (TPSA) is 72.7 Å². The van der Waals surface area contributed by atoms with Crippen LogP contribution in [-0.2, 0) is 12.7 Å². The lowest BCUT2D eigenvalue weighted by Gasteiger charge is -2.12. The highest BCUT2D eigenvalue weighted by atomic mass is 35.5. The number of carbonyl (C=O) groups excluding carboxylic acids is 1. The number of hydrogen-bond donors (Lipinski definition) is 1. The maximum absolute atomic E-state index is 13.6. The Morgan fingerprint density at radius 3 is 2.43 bits per heavy atom. The summed E-state index contributed by atoms with van der Waals surface area (Å²) in [5, 5.41) is 13.7. The van der Waals surface area contributed by atoms with E-state index < -0.39 is 23.3 Å². The van der Waals surface area contributed by atoms with Gasteiger partial charge in [-0.15, -0.1) is 10.2 Å². The van der Waals surface area contributed by atoms with Crippen LogP contribution in [0.15, 0.2) is 36.5 Å². The standard InChI is InChI=1S/C16H9Cl3F3N5O/c17-10-2-1-8(5-11(10)18)6-23-15(28)9-7-24-27(14(9)16(20,21)22)13-4-3-12(19)25-26-13/h1-5,7H,6H2,(H,23,28). The predicted octanol–water partition coefficient (Wildman–Crippen LogP) is 4.57. The van der Waals surface area contributed by atoms with Crippen molar-refractivity contribution in [3.05, 3.63) is 68.5 Å². The number of aromatic nitrogens is 4. The van der Waals surface area contributed by atoms with Crippen LogP contribution in [0.5, 0.6) is 0 Å². The molecule has 6 nitrogen and oxygen atoms in total. The van der Waals surface area contributed by atoms with Crippen molar-refractivity contribution in [1.29, 1.82) is 0 Å². The number of nitrogens with one attached hydrogen (secondary N) is 1. The zero-order valence-electron chi connectivity index (χ0n) is 13.6. The lowest BCUT2D eigenvalue weighted by molar-refractivity contribution is -0.143. The average Bonchev–Trinajstić information content (AvgIpc) is 3.09. The van der Waals surface area contributed by atoms with Gasteiger partial charge in [-0.2, -0.15) is 18.3 Å². The highest BCUT2D eigenvalue weighted by Gasteiger charge is 2.41. The van der Waals surface area contributed by atoms with Crippen molar-refractivity contribution in [2.75, 3.05) is 0 Å². The van der Waals surface area contributed by atoms with Gasteiger partial charge in [-0.25, -0.2) is 4.68 Å². The van der Waals surface area contributed by atoms with Gasteiger partial charge in [0.1, 0.15) is 0 Å². The van der Waals surface area contributed by atoms with Gasteiger partial charge in [-0.3, -0.25) is 4.79 Å². The van der Waals surface area contributed by atoms with Gasteiger partial charge in [0, 0.05) is 6.54 Å². The SMILES string of the molecule is O=C(NCc1ccc(Cl)c(Cl)c1)c1cnn(-c2ccc(Cl)nn2)c1C(F)(F)F. The van der Waals surface area contributed by atoms with Crippen molar-refractivity contribution >= 4 is 40.7 Å². The van der Waals surface area contributed by atoms with Crippen LogP contribution < -0.4 is 5.32 Å². The Balaban J connectivity index is 1.89. The summed E-state index contributed by atoms with van der Waals surface area (Å²) >= 11 is 17.3. The number of nitrogens with zero attached hydrogens (tertiary/aromatic N) is 4. The molecule has 0 aliphatic heterocycles. The van der Waals surface area contributed by atoms with E-state index in [0.717, 1.165) is 6.20 Å². The van der Waals surface area contributed by atoms with Gasteiger partial charge in [-0.05, 0) is 29.8 Å². The molecule has 3 rings (SSSR count). The van der Waals surface area contributed by atoms with E-state index >= 15 is 0 Å². The van der Waals surface area contributed by atoms with Crippen LogP contribution in [0, 0.1) is 0 Å². The minimum Gasteiger partial charge on any atom is -0.348 e. The molecule has 0 saturated carbocycles. The molecule has 0 bridgehead atoms. The molecule has 0 unspecified atom stereocenters. The van der Waals surface area contributed by atoms with Crippen LogP contribution in [0.3, 0.4) is 0 Å². The highest BCUT2D eigenvalue weighted by Crippen LogP contribution is 2.33. The molecule has 1 aromatic carbocycles. The van der Waals surface area contributed by atoms with Gasteiger partial charge in [0.05, 0.1) is 21.8 Å². The summed E-state index contributed by atoms with van der Waals surface area (Å²) in [7, 11) is 0. The summed E-state index contributed by atoms with van der Waals surface area (Å²) in [6.07, 6.45) is -4.06. The van der Waals surface area contributed by atoms with Crippen molar-refractivity contribution < 1.29 is 18.0 Å². The minimum absolute atomic E-state index is 0.00376. The molecule has 0 fully saturated rings. The quantitative estimate of drug-likeness (QED) is 0.632. The third-order valence-electron chi connectivity index (χ3n) is 3.55. The van der Waals surface area contributed by atoms with Crippen LogP contribution in [0.2, 0.25) is 15.2 Å². The van der Waals surface area contributed by atoms with Gasteiger partial charge in [-0.1, -0.05) is 40.9 Å². The second-order valence-electron chi connectivity index (χ2n) is 5.46. The Morgan fingerprint density at radius 1 is 1.07 bits per heavy atom. The van der Waals surface area contributed by atoms with Gasteiger partial charge < -0.3 is 5.32 Å². The van der Waals surface area contributed by atoms with Gasteiger partial charge in [0.2, 0.25) is 0 Å². The lowest BCUT2D eigenvalue weighted by Crippen LogP contribution is -2.26. The van der Waals surface area contributed by atoms with E-state index in [0.29, 0.717) is 15.3 Å². The third-order valence-corrected chi connectivity index (χ3v) is 4.49. The number of benzene rings is 1. The first-order valence-electron chi connectivity index (χ1n) is 7.54. The Hall–Kier alpha value is -2.36. The molecule has 12 heteroatoms. The van der Waals surface area contributed by atoms with Crippen molar-refractivity contribution in [3.63, 3.8) is 0 Å². The molecular formula is C16H9Cl3F3N5O. The second-order valence-corrected chi connectivity index (χ2v) is 6.66. The van der Waals surface area contributed by atoms with E-state index in [-0.39, 0.29) is 22.5 Å². The lowest BCUT2D eigenvalue weighted by atomic mass is 10.2. The summed E-state index contributed by atoms with van der Waals surface area (Å²) in [6, 6.07) is 7.07. The number of alkyl halides is 3. The predicted molar refractivity (Wildman–Crippen MR) is 96.8 cm³/mol. The molecular weight excluding hydrogens is 442 g/mol. The van der Waals surface area contributed by atoms with Crippen molar-refractivity contribution in [3.8, 4) is 5.82 Å². The van der Waals surface area contributed by atoms with Crippen LogP contribution in [0.1, 0.15) is 21.6 Å². The van der Waals surface area contributed by atoms with E-state index in [1.54, 1.807) is 6.07 Å². The summed E-state index contributed by atoms with van der Waals surface area (Å²) in [5.74, 6) is -1.20. The van der Waals surface area contributed by atoms with Gasteiger partial charge in [0.15, 0.2) is 16.7 Å². The highest BCUT2D eigenvalue weighted by molar-refractivity contribution is 6.42. The fraction of sp³-hybridized carbons (Fsp3) is 0.125. The maximum Gasteiger partial charge on any atom is 0.434 e. The van der Waals surface area contributed by atoms with E-state index in [9.17, 15) is 18.0 Å². The van der Waals surface area contributed by atoms with E-state index in [2.05, 4.69) is 20.6 Å². The van der Waals surface area contributed by atoms with Crippen molar-refractivity contribution in [2.45, 2.75) is 12.7 Å². The molecule has 1 amide bonds. The summed E-state index contributed by atoms with van der Waals surface area (Å²) < 4.78 is 41.2. The first kappa shape index (κ1) is 20.4. The molecule has 0 aliphatic carbocycles. The zero-order valence-corrected chi connectivity index (χ0v) is 15.9. The van der Waals surface area contributed by atoms with Gasteiger partial charge >= 0.3 is 6.18 Å². The second kappa shape index (κ2) is 7.94. The molecule has 0 radical (unpaired) electrons. The molecule has 0 spiro atoms.